The number of carbonyl (C=O) groups is 1. The van der Waals surface area contributed by atoms with E-state index >= 15 is 0 Å². The van der Waals surface area contributed by atoms with Gasteiger partial charge in [-0.15, -0.1) is 0 Å². The molecular formula is C33H43ClN6O2. The van der Waals surface area contributed by atoms with Gasteiger partial charge in [0.15, 0.2) is 5.65 Å². The number of fused-ring (bicyclic) bond motifs is 1. The Bertz CT molecular complexity index is 1550. The van der Waals surface area contributed by atoms with Crippen LogP contribution in [0.25, 0.3) is 16.7 Å². The van der Waals surface area contributed by atoms with Crippen LogP contribution in [0.2, 0.25) is 5.02 Å². The Labute approximate surface area is 254 Å². The Morgan fingerprint density at radius 1 is 1.07 bits per heavy atom. The lowest BCUT2D eigenvalue weighted by atomic mass is 9.80. The number of para-hydroxylation sites is 1. The van der Waals surface area contributed by atoms with Crippen molar-refractivity contribution >= 4 is 40.2 Å². The lowest BCUT2D eigenvalue weighted by Crippen LogP contribution is -2.54. The Morgan fingerprint density at radius 2 is 1.76 bits per heavy atom. The summed E-state index contributed by atoms with van der Waals surface area (Å²) in [5.41, 5.74) is 3.39. The number of amides is 1. The maximum absolute atomic E-state index is 14.1. The molecule has 0 spiro atoms. The van der Waals surface area contributed by atoms with Crippen LogP contribution >= 0.6 is 11.6 Å². The minimum atomic E-state index is -0.361. The molecule has 2 atom stereocenters. The number of carbonyl (C=O) groups excluding carboxylic acids is 1. The number of pyridine rings is 1. The van der Waals surface area contributed by atoms with Gasteiger partial charge in [-0.3, -0.25) is 4.79 Å². The van der Waals surface area contributed by atoms with E-state index in [-0.39, 0.29) is 23.1 Å². The number of benzene rings is 1. The van der Waals surface area contributed by atoms with E-state index in [2.05, 4.69) is 69.2 Å². The van der Waals surface area contributed by atoms with Crippen LogP contribution in [0.1, 0.15) is 59.1 Å². The van der Waals surface area contributed by atoms with E-state index in [1.54, 1.807) is 9.47 Å². The van der Waals surface area contributed by atoms with E-state index in [4.69, 9.17) is 21.6 Å². The molecule has 2 saturated heterocycles. The summed E-state index contributed by atoms with van der Waals surface area (Å²) in [6, 6.07) is 8.07. The molecule has 2 aliphatic rings. The number of anilines is 2. The van der Waals surface area contributed by atoms with E-state index < -0.39 is 0 Å². The first-order chi connectivity index (χ1) is 20.0. The van der Waals surface area contributed by atoms with Crippen LogP contribution in [-0.2, 0) is 17.6 Å². The molecule has 0 bridgehead atoms. The predicted molar refractivity (Wildman–Crippen MR) is 172 cm³/mol. The fraction of sp³-hybridized carbons (Fsp3) is 0.515. The molecule has 2 unspecified atom stereocenters. The first-order valence-corrected chi connectivity index (χ1v) is 15.5. The van der Waals surface area contributed by atoms with Crippen molar-refractivity contribution in [3.8, 4) is 5.69 Å². The van der Waals surface area contributed by atoms with Crippen LogP contribution in [-0.4, -0.2) is 64.1 Å². The third kappa shape index (κ3) is 5.41. The first-order valence-electron chi connectivity index (χ1n) is 15.2. The molecule has 9 heteroatoms. The average molecular weight is 591 g/mol. The summed E-state index contributed by atoms with van der Waals surface area (Å²) >= 11 is 7.03. The summed E-state index contributed by atoms with van der Waals surface area (Å²) < 4.78 is 1.70. The van der Waals surface area contributed by atoms with Crippen LogP contribution < -0.4 is 15.5 Å². The van der Waals surface area contributed by atoms with Crippen molar-refractivity contribution in [3.63, 3.8) is 0 Å². The van der Waals surface area contributed by atoms with Gasteiger partial charge in [0.25, 0.3) is 0 Å². The zero-order chi connectivity index (χ0) is 30.3. The third-order valence-electron chi connectivity index (χ3n) is 9.07. The molecule has 0 aliphatic carbocycles. The number of nitrogens with zero attached hydrogens (tertiary/aromatic N) is 6. The number of aromatic nitrogens is 3. The molecule has 1 aromatic carbocycles. The number of rotatable bonds is 6. The molecule has 0 radical (unpaired) electrons. The normalized spacial score (nSPS) is 19.5. The van der Waals surface area contributed by atoms with E-state index in [9.17, 15) is 9.59 Å². The van der Waals surface area contributed by atoms with Gasteiger partial charge in [-0.1, -0.05) is 71.0 Å². The second kappa shape index (κ2) is 11.7. The smallest absolute Gasteiger partial charge is 0.355 e. The fourth-order valence-corrected chi connectivity index (χ4v) is 6.77. The van der Waals surface area contributed by atoms with Crippen LogP contribution in [0.3, 0.4) is 0 Å². The van der Waals surface area contributed by atoms with E-state index in [0.717, 1.165) is 54.6 Å². The first kappa shape index (κ1) is 30.1. The van der Waals surface area contributed by atoms with Gasteiger partial charge >= 0.3 is 5.69 Å². The molecule has 0 saturated carbocycles. The number of piperazine rings is 1. The van der Waals surface area contributed by atoms with Gasteiger partial charge < -0.3 is 14.7 Å². The predicted octanol–water partition coefficient (Wildman–Crippen LogP) is 5.65. The quantitative estimate of drug-likeness (QED) is 0.345. The molecule has 224 valence electrons. The lowest BCUT2D eigenvalue weighted by Gasteiger charge is -2.40. The molecule has 42 heavy (non-hydrogen) atoms. The second-order valence-electron chi connectivity index (χ2n) is 12.7. The van der Waals surface area contributed by atoms with Gasteiger partial charge in [0.05, 0.1) is 16.1 Å². The summed E-state index contributed by atoms with van der Waals surface area (Å²) in [5.74, 6) is 1.70. The molecule has 4 heterocycles. The number of hydrogen-bond acceptors (Lipinski definition) is 6. The summed E-state index contributed by atoms with van der Waals surface area (Å²) in [4.78, 5) is 42.5. The zero-order valence-corrected chi connectivity index (χ0v) is 26.5. The SMILES string of the molecule is C=CC(=O)N1CCN(c2nc(=O)n(-c3c(CC)cccc3CC)c3nc(N4CCC(C(C)(C)C)C4)c(Cl)cc23)C(C)C1. The number of aryl methyl sites for hydroxylation is 2. The highest BCUT2D eigenvalue weighted by Crippen LogP contribution is 2.39. The summed E-state index contributed by atoms with van der Waals surface area (Å²) in [5, 5.41) is 1.29. The van der Waals surface area contributed by atoms with Gasteiger partial charge in [0, 0.05) is 38.8 Å². The second-order valence-corrected chi connectivity index (χ2v) is 13.1. The molecule has 8 nitrogen and oxygen atoms in total. The largest absolute Gasteiger partial charge is 0.355 e. The van der Waals surface area contributed by atoms with Gasteiger partial charge in [0.1, 0.15) is 11.6 Å². The molecule has 2 fully saturated rings. The zero-order valence-electron chi connectivity index (χ0n) is 25.8. The highest BCUT2D eigenvalue weighted by Gasteiger charge is 2.34. The minimum absolute atomic E-state index is 0.0627. The highest BCUT2D eigenvalue weighted by atomic mass is 35.5. The molecule has 3 aromatic rings. The van der Waals surface area contributed by atoms with Crippen LogP contribution in [0.4, 0.5) is 11.6 Å². The summed E-state index contributed by atoms with van der Waals surface area (Å²) in [6.45, 7) is 20.0. The average Bonchev–Trinajstić information content (AvgIpc) is 3.47. The molecule has 1 amide bonds. The Morgan fingerprint density at radius 3 is 2.33 bits per heavy atom. The Balaban J connectivity index is 1.73. The van der Waals surface area contributed by atoms with Gasteiger partial charge in [0.2, 0.25) is 5.91 Å². The standard InChI is InChI=1S/C33H43ClN6O2/c1-8-22-12-11-13-23(9-2)28(22)40-30-25(18-26(34)31(35-30)38-15-14-24(20-38)33(5,6)7)29(36-32(40)42)39-17-16-37(19-21(39)4)27(41)10-3/h10-13,18,21,24H,3,8-9,14-17,19-20H2,1-2,4-7H3. The lowest BCUT2D eigenvalue weighted by molar-refractivity contribution is -0.126. The maximum Gasteiger partial charge on any atom is 0.355 e. The van der Waals surface area contributed by atoms with E-state index in [1.807, 2.05) is 13.0 Å². The van der Waals surface area contributed by atoms with Crippen molar-refractivity contribution < 1.29 is 4.79 Å². The molecule has 5 rings (SSSR count). The van der Waals surface area contributed by atoms with Crippen LogP contribution in [0, 0.1) is 11.3 Å². The minimum Gasteiger partial charge on any atom is -0.355 e. The molecule has 2 aromatic heterocycles. The number of halogens is 1. The Kier molecular flexibility index (Phi) is 8.39. The van der Waals surface area contributed by atoms with Gasteiger partial charge in [-0.05, 0) is 60.8 Å². The van der Waals surface area contributed by atoms with Crippen LogP contribution in [0.5, 0.6) is 0 Å². The van der Waals surface area contributed by atoms with E-state index in [1.165, 1.54) is 6.08 Å². The monoisotopic (exact) mass is 590 g/mol. The van der Waals surface area contributed by atoms with Gasteiger partial charge in [-0.25, -0.2) is 14.3 Å². The Hall–Kier alpha value is -3.39. The summed E-state index contributed by atoms with van der Waals surface area (Å²) in [7, 11) is 0. The topological polar surface area (TPSA) is 74.6 Å². The van der Waals surface area contributed by atoms with Gasteiger partial charge in [-0.2, -0.15) is 4.98 Å². The van der Waals surface area contributed by atoms with Crippen molar-refractivity contribution in [1.82, 2.24) is 19.4 Å². The molecule has 0 N–H and O–H groups in total. The van der Waals surface area contributed by atoms with Crippen molar-refractivity contribution in [2.75, 3.05) is 42.5 Å². The van der Waals surface area contributed by atoms with Crippen molar-refractivity contribution in [2.24, 2.45) is 11.3 Å². The van der Waals surface area contributed by atoms with Crippen molar-refractivity contribution in [3.05, 3.63) is 63.6 Å². The van der Waals surface area contributed by atoms with Crippen molar-refractivity contribution in [2.45, 2.75) is 66.8 Å². The third-order valence-corrected chi connectivity index (χ3v) is 9.35. The summed E-state index contributed by atoms with van der Waals surface area (Å²) in [6.07, 6.45) is 3.96. The highest BCUT2D eigenvalue weighted by molar-refractivity contribution is 6.33. The molecule has 2 aliphatic heterocycles. The van der Waals surface area contributed by atoms with Crippen LogP contribution in [0.15, 0.2) is 41.7 Å². The molecular weight excluding hydrogens is 548 g/mol. The van der Waals surface area contributed by atoms with Crippen molar-refractivity contribution in [1.29, 1.82) is 0 Å². The number of hydrogen-bond donors (Lipinski definition) is 0. The van der Waals surface area contributed by atoms with E-state index in [0.29, 0.717) is 47.9 Å². The fourth-order valence-electron chi connectivity index (χ4n) is 6.50. The maximum atomic E-state index is 14.1.